The number of nitrogens with one attached hydrogen (secondary N) is 1. The molecule has 1 unspecified atom stereocenters. The molecule has 84 valence electrons. The van der Waals surface area contributed by atoms with Gasteiger partial charge in [0, 0.05) is 17.2 Å². The topological polar surface area (TPSA) is 52.5 Å². The molecule has 0 amide bonds. The van der Waals surface area contributed by atoms with E-state index in [4.69, 9.17) is 5.11 Å². The maximum absolute atomic E-state index is 9.25. The van der Waals surface area contributed by atoms with Crippen molar-refractivity contribution in [2.75, 3.05) is 19.4 Å². The highest BCUT2D eigenvalue weighted by atomic mass is 32.2. The molecule has 1 rings (SSSR count). The van der Waals surface area contributed by atoms with Crippen LogP contribution in [0.2, 0.25) is 0 Å². The molecule has 3 nitrogen and oxygen atoms in total. The van der Waals surface area contributed by atoms with E-state index in [9.17, 15) is 5.11 Å². The Labute approximate surface area is 94.5 Å². The monoisotopic (exact) mass is 227 g/mol. The third-order valence-electron chi connectivity index (χ3n) is 1.98. The van der Waals surface area contributed by atoms with Gasteiger partial charge in [-0.15, -0.1) is 11.8 Å². The third kappa shape index (κ3) is 4.22. The Balaban J connectivity index is 2.58. The Morgan fingerprint density at radius 1 is 1.40 bits per heavy atom. The molecule has 3 N–H and O–H groups in total. The van der Waals surface area contributed by atoms with Gasteiger partial charge in [0.2, 0.25) is 0 Å². The molecule has 0 heterocycles. The Kier molecular flexibility index (Phi) is 5.71. The minimum Gasteiger partial charge on any atom is -0.394 e. The number of rotatable bonds is 6. The second-order valence-electron chi connectivity index (χ2n) is 3.29. The zero-order chi connectivity index (χ0) is 11.1. The van der Waals surface area contributed by atoms with Crippen LogP contribution in [0.4, 0.5) is 0 Å². The summed E-state index contributed by atoms with van der Waals surface area (Å²) >= 11 is 1.57. The SMILES string of the molecule is CNCc1ccccc1SCC(O)CO. The van der Waals surface area contributed by atoms with Crippen molar-refractivity contribution in [3.05, 3.63) is 29.8 Å². The largest absolute Gasteiger partial charge is 0.394 e. The molecule has 0 fully saturated rings. The van der Waals surface area contributed by atoms with Gasteiger partial charge in [0.05, 0.1) is 12.7 Å². The number of hydrogen-bond acceptors (Lipinski definition) is 4. The van der Waals surface area contributed by atoms with E-state index in [1.807, 2.05) is 25.2 Å². The van der Waals surface area contributed by atoms with Crippen molar-refractivity contribution < 1.29 is 10.2 Å². The lowest BCUT2D eigenvalue weighted by Gasteiger charge is -2.10. The quantitative estimate of drug-likeness (QED) is 0.631. The fourth-order valence-corrected chi connectivity index (χ4v) is 2.20. The van der Waals surface area contributed by atoms with Crippen molar-refractivity contribution in [1.82, 2.24) is 5.32 Å². The first-order valence-corrected chi connectivity index (χ1v) is 5.90. The Hall–Kier alpha value is -0.550. The van der Waals surface area contributed by atoms with Gasteiger partial charge in [0.1, 0.15) is 0 Å². The first kappa shape index (κ1) is 12.5. The third-order valence-corrected chi connectivity index (χ3v) is 3.24. The van der Waals surface area contributed by atoms with E-state index in [2.05, 4.69) is 11.4 Å². The minimum absolute atomic E-state index is 0.179. The van der Waals surface area contributed by atoms with E-state index >= 15 is 0 Å². The van der Waals surface area contributed by atoms with Gasteiger partial charge < -0.3 is 15.5 Å². The molecule has 1 atom stereocenters. The Bertz CT molecular complexity index is 294. The molecule has 4 heteroatoms. The van der Waals surface area contributed by atoms with E-state index in [1.165, 1.54) is 5.56 Å². The second kappa shape index (κ2) is 6.85. The lowest BCUT2D eigenvalue weighted by Crippen LogP contribution is -2.15. The zero-order valence-corrected chi connectivity index (χ0v) is 9.63. The van der Waals surface area contributed by atoms with Crippen LogP contribution in [-0.2, 0) is 6.54 Å². The summed E-state index contributed by atoms with van der Waals surface area (Å²) in [6.07, 6.45) is -0.641. The van der Waals surface area contributed by atoms with Gasteiger partial charge in [-0.2, -0.15) is 0 Å². The van der Waals surface area contributed by atoms with E-state index in [0.29, 0.717) is 5.75 Å². The van der Waals surface area contributed by atoms with Crippen molar-refractivity contribution in [2.45, 2.75) is 17.5 Å². The second-order valence-corrected chi connectivity index (χ2v) is 4.35. The van der Waals surface area contributed by atoms with E-state index < -0.39 is 6.10 Å². The molecule has 0 aliphatic rings. The molecule has 0 bridgehead atoms. The molecule has 0 spiro atoms. The highest BCUT2D eigenvalue weighted by Gasteiger charge is 2.05. The number of benzene rings is 1. The van der Waals surface area contributed by atoms with Crippen molar-refractivity contribution in [2.24, 2.45) is 0 Å². The van der Waals surface area contributed by atoms with Crippen LogP contribution in [0.25, 0.3) is 0 Å². The molecule has 0 radical (unpaired) electrons. The van der Waals surface area contributed by atoms with E-state index in [-0.39, 0.29) is 6.61 Å². The van der Waals surface area contributed by atoms with Crippen LogP contribution in [0, 0.1) is 0 Å². The zero-order valence-electron chi connectivity index (χ0n) is 8.81. The Morgan fingerprint density at radius 3 is 2.80 bits per heavy atom. The van der Waals surface area contributed by atoms with Gasteiger partial charge in [0.25, 0.3) is 0 Å². The molecule has 1 aromatic rings. The Morgan fingerprint density at radius 2 is 2.13 bits per heavy atom. The van der Waals surface area contributed by atoms with Crippen molar-refractivity contribution in [3.63, 3.8) is 0 Å². The molecular formula is C11H17NO2S. The highest BCUT2D eigenvalue weighted by molar-refractivity contribution is 7.99. The molecule has 1 aromatic carbocycles. The number of thioether (sulfide) groups is 1. The molecule has 0 saturated carbocycles. The lowest BCUT2D eigenvalue weighted by atomic mass is 10.2. The average Bonchev–Trinajstić information content (AvgIpc) is 2.28. The first-order chi connectivity index (χ1) is 7.27. The molecule has 0 aromatic heterocycles. The van der Waals surface area contributed by atoms with Crippen LogP contribution in [0.5, 0.6) is 0 Å². The summed E-state index contributed by atoms with van der Waals surface area (Å²) < 4.78 is 0. The molecule has 0 saturated heterocycles. The van der Waals surface area contributed by atoms with Crippen LogP contribution in [0.15, 0.2) is 29.2 Å². The number of aliphatic hydroxyl groups is 2. The molecule has 0 aliphatic carbocycles. The summed E-state index contributed by atoms with van der Waals surface area (Å²) in [6, 6.07) is 8.07. The van der Waals surface area contributed by atoms with Crippen molar-refractivity contribution >= 4 is 11.8 Å². The van der Waals surface area contributed by atoms with Gasteiger partial charge in [-0.3, -0.25) is 0 Å². The van der Waals surface area contributed by atoms with Gasteiger partial charge in [-0.05, 0) is 18.7 Å². The van der Waals surface area contributed by atoms with E-state index in [0.717, 1.165) is 11.4 Å². The van der Waals surface area contributed by atoms with Gasteiger partial charge in [0.15, 0.2) is 0 Å². The molecule has 15 heavy (non-hydrogen) atoms. The summed E-state index contributed by atoms with van der Waals surface area (Å²) in [4.78, 5) is 1.15. The average molecular weight is 227 g/mol. The summed E-state index contributed by atoms with van der Waals surface area (Å²) in [6.45, 7) is 0.638. The predicted octanol–water partition coefficient (Wildman–Crippen LogP) is 0.851. The van der Waals surface area contributed by atoms with Gasteiger partial charge in [-0.1, -0.05) is 18.2 Å². The summed E-state index contributed by atoms with van der Waals surface area (Å²) in [7, 11) is 1.91. The fourth-order valence-electron chi connectivity index (χ4n) is 1.22. The van der Waals surface area contributed by atoms with Gasteiger partial charge in [-0.25, -0.2) is 0 Å². The van der Waals surface area contributed by atoms with Crippen LogP contribution in [0.3, 0.4) is 0 Å². The summed E-state index contributed by atoms with van der Waals surface area (Å²) in [5, 5.41) is 21.1. The summed E-state index contributed by atoms with van der Waals surface area (Å²) in [5.41, 5.74) is 1.22. The number of aliphatic hydroxyl groups excluding tert-OH is 2. The van der Waals surface area contributed by atoms with Crippen LogP contribution in [0.1, 0.15) is 5.56 Å². The van der Waals surface area contributed by atoms with Crippen LogP contribution >= 0.6 is 11.8 Å². The molecule has 0 aliphatic heterocycles. The predicted molar refractivity (Wildman–Crippen MR) is 63.0 cm³/mol. The number of hydrogen-bond donors (Lipinski definition) is 3. The van der Waals surface area contributed by atoms with Crippen LogP contribution in [-0.4, -0.2) is 35.7 Å². The summed E-state index contributed by atoms with van der Waals surface area (Å²) in [5.74, 6) is 0.525. The maximum atomic E-state index is 9.25. The first-order valence-electron chi connectivity index (χ1n) is 4.92. The van der Waals surface area contributed by atoms with E-state index in [1.54, 1.807) is 11.8 Å². The lowest BCUT2D eigenvalue weighted by molar-refractivity contribution is 0.113. The van der Waals surface area contributed by atoms with Crippen LogP contribution < -0.4 is 5.32 Å². The minimum atomic E-state index is -0.641. The van der Waals surface area contributed by atoms with Crippen molar-refractivity contribution in [1.29, 1.82) is 0 Å². The fraction of sp³-hybridized carbons (Fsp3) is 0.455. The standard InChI is InChI=1S/C11H17NO2S/c1-12-6-9-4-2-3-5-11(9)15-8-10(14)7-13/h2-5,10,12-14H,6-8H2,1H3. The van der Waals surface area contributed by atoms with Crippen molar-refractivity contribution in [3.8, 4) is 0 Å². The normalized spacial score (nSPS) is 12.7. The van der Waals surface area contributed by atoms with Gasteiger partial charge >= 0.3 is 0 Å². The smallest absolute Gasteiger partial charge is 0.0864 e. The highest BCUT2D eigenvalue weighted by Crippen LogP contribution is 2.23. The molecular weight excluding hydrogens is 210 g/mol. The maximum Gasteiger partial charge on any atom is 0.0864 e.